The van der Waals surface area contributed by atoms with Crippen LogP contribution in [-0.4, -0.2) is 37.2 Å². The molecule has 0 aliphatic carbocycles. The molecule has 0 bridgehead atoms. The minimum absolute atomic E-state index is 0.0980. The normalized spacial score (nSPS) is 12.8. The second-order valence-corrected chi connectivity index (χ2v) is 23.1. The Morgan fingerprint density at radius 3 is 0.805 bits per heavy atom. The summed E-state index contributed by atoms with van der Waals surface area (Å²) in [6.45, 7) is 6.48. The zero-order chi connectivity index (χ0) is 59.2. The number of esters is 3. The lowest BCUT2D eigenvalue weighted by Crippen LogP contribution is -2.30. The molecule has 0 aromatic heterocycles. The van der Waals surface area contributed by atoms with Crippen molar-refractivity contribution in [2.24, 2.45) is 0 Å². The SMILES string of the molecule is CC/C=C\C/C=C\C/C=C\C/C=C\C/C=C\CCCC(=O)OCC(COC(=O)CCCCCCCCCCCCCCCCCCC/C=C\C/C=C\CCCCCCC)OC(=O)CCCCCCCCC/C=C\C/C=C\CCCCCC. The Morgan fingerprint density at radius 2 is 0.488 bits per heavy atom. The van der Waals surface area contributed by atoms with Gasteiger partial charge in [0.25, 0.3) is 0 Å². The number of allylic oxidation sites excluding steroid dienone is 18. The third-order valence-corrected chi connectivity index (χ3v) is 15.0. The van der Waals surface area contributed by atoms with Crippen LogP contribution in [-0.2, 0) is 28.6 Å². The van der Waals surface area contributed by atoms with E-state index in [0.717, 1.165) is 96.3 Å². The summed E-state index contributed by atoms with van der Waals surface area (Å²) in [6, 6.07) is 0. The first-order valence-electron chi connectivity index (χ1n) is 34.9. The van der Waals surface area contributed by atoms with Crippen LogP contribution in [0.4, 0.5) is 0 Å². The van der Waals surface area contributed by atoms with Crippen LogP contribution in [0, 0.1) is 0 Å². The van der Waals surface area contributed by atoms with E-state index in [1.54, 1.807) is 0 Å². The summed E-state index contributed by atoms with van der Waals surface area (Å²) in [6.07, 6.45) is 95.5. The number of carbonyl (C=O) groups is 3. The van der Waals surface area contributed by atoms with Crippen molar-refractivity contribution in [2.45, 2.75) is 341 Å². The Balaban J connectivity index is 4.34. The van der Waals surface area contributed by atoms with E-state index < -0.39 is 6.10 Å². The summed E-state index contributed by atoms with van der Waals surface area (Å²) in [7, 11) is 0. The van der Waals surface area contributed by atoms with Crippen LogP contribution in [0.15, 0.2) is 109 Å². The van der Waals surface area contributed by atoms with Gasteiger partial charge in [-0.3, -0.25) is 14.4 Å². The largest absolute Gasteiger partial charge is 0.462 e. The summed E-state index contributed by atoms with van der Waals surface area (Å²) in [5.74, 6) is -0.955. The van der Waals surface area contributed by atoms with Crippen molar-refractivity contribution in [1.29, 1.82) is 0 Å². The van der Waals surface area contributed by atoms with Crippen molar-refractivity contribution in [3.63, 3.8) is 0 Å². The van der Waals surface area contributed by atoms with Gasteiger partial charge in [-0.2, -0.15) is 0 Å². The highest BCUT2D eigenvalue weighted by Gasteiger charge is 2.19. The molecule has 0 spiro atoms. The molecule has 0 aliphatic heterocycles. The van der Waals surface area contributed by atoms with E-state index in [1.807, 2.05) is 0 Å². The monoisotopic (exact) mass is 1140 g/mol. The van der Waals surface area contributed by atoms with E-state index >= 15 is 0 Å². The molecule has 0 aromatic rings. The highest BCUT2D eigenvalue weighted by Crippen LogP contribution is 2.17. The van der Waals surface area contributed by atoms with Gasteiger partial charge in [0, 0.05) is 19.3 Å². The van der Waals surface area contributed by atoms with Crippen LogP contribution in [0.25, 0.3) is 0 Å². The second kappa shape index (κ2) is 69.6. The Labute approximate surface area is 508 Å². The van der Waals surface area contributed by atoms with E-state index in [2.05, 4.69) is 130 Å². The van der Waals surface area contributed by atoms with Crippen molar-refractivity contribution in [3.05, 3.63) is 109 Å². The molecule has 470 valence electrons. The average molecular weight is 1140 g/mol. The van der Waals surface area contributed by atoms with E-state index in [4.69, 9.17) is 14.2 Å². The molecule has 0 aliphatic rings. The van der Waals surface area contributed by atoms with Crippen LogP contribution in [0.2, 0.25) is 0 Å². The lowest BCUT2D eigenvalue weighted by molar-refractivity contribution is -0.167. The molecule has 1 atom stereocenters. The molecule has 0 heterocycles. The van der Waals surface area contributed by atoms with E-state index in [1.165, 1.54) is 193 Å². The first-order valence-corrected chi connectivity index (χ1v) is 34.9. The highest BCUT2D eigenvalue weighted by molar-refractivity contribution is 5.71. The van der Waals surface area contributed by atoms with Crippen LogP contribution < -0.4 is 0 Å². The zero-order valence-corrected chi connectivity index (χ0v) is 54.0. The molecule has 6 nitrogen and oxygen atoms in total. The van der Waals surface area contributed by atoms with Crippen LogP contribution in [0.3, 0.4) is 0 Å². The summed E-state index contributed by atoms with van der Waals surface area (Å²) >= 11 is 0. The number of hydrogen-bond acceptors (Lipinski definition) is 6. The van der Waals surface area contributed by atoms with Gasteiger partial charge in [-0.25, -0.2) is 0 Å². The number of hydrogen-bond donors (Lipinski definition) is 0. The second-order valence-electron chi connectivity index (χ2n) is 23.1. The fraction of sp³-hybridized carbons (Fsp3) is 0.724. The predicted molar refractivity (Wildman–Crippen MR) is 357 cm³/mol. The summed E-state index contributed by atoms with van der Waals surface area (Å²) in [5.41, 5.74) is 0. The molecule has 0 rings (SSSR count). The minimum Gasteiger partial charge on any atom is -0.462 e. The van der Waals surface area contributed by atoms with Gasteiger partial charge in [-0.05, 0) is 122 Å². The van der Waals surface area contributed by atoms with Gasteiger partial charge in [-0.15, -0.1) is 0 Å². The zero-order valence-electron chi connectivity index (χ0n) is 54.0. The number of ether oxygens (including phenoxy) is 3. The lowest BCUT2D eigenvalue weighted by Gasteiger charge is -2.18. The Morgan fingerprint density at radius 1 is 0.256 bits per heavy atom. The van der Waals surface area contributed by atoms with Crippen LogP contribution >= 0.6 is 0 Å². The average Bonchev–Trinajstić information content (AvgIpc) is 3.47. The van der Waals surface area contributed by atoms with Crippen LogP contribution in [0.5, 0.6) is 0 Å². The van der Waals surface area contributed by atoms with Crippen molar-refractivity contribution >= 4 is 17.9 Å². The summed E-state index contributed by atoms with van der Waals surface area (Å²) < 4.78 is 16.9. The summed E-state index contributed by atoms with van der Waals surface area (Å²) in [4.78, 5) is 38.4. The third kappa shape index (κ3) is 66.9. The van der Waals surface area contributed by atoms with Gasteiger partial charge >= 0.3 is 17.9 Å². The van der Waals surface area contributed by atoms with Gasteiger partial charge in [0.15, 0.2) is 6.10 Å². The fourth-order valence-electron chi connectivity index (χ4n) is 9.78. The van der Waals surface area contributed by atoms with Crippen molar-refractivity contribution < 1.29 is 28.6 Å². The van der Waals surface area contributed by atoms with Crippen LogP contribution in [0.1, 0.15) is 335 Å². The van der Waals surface area contributed by atoms with Crippen molar-refractivity contribution in [1.82, 2.24) is 0 Å². The standard InChI is InChI=1S/C76H130O6/c1-4-7-10-13-16-19-22-25-28-31-33-34-35-36-37-38-39-40-41-42-43-46-48-51-54-57-60-63-66-69-75(78)81-72-73(71-80-74(77)68-65-62-59-56-53-50-47-44-30-27-24-21-18-15-12-9-6-3)82-76(79)70-67-64-61-58-55-52-49-45-32-29-26-23-20-17-14-11-8-5-2/h9,12,18,20-23,25,27,29-33,47,50,56,59,73H,4-8,10-11,13-17,19,24,26,28,34-46,48-49,51-55,57-58,60-72H2,1-3H3/b12-9-,21-18-,23-20-,25-22-,30-27-,32-29-,33-31-,50-47-,59-56-. The molecule has 0 aromatic carbocycles. The maximum atomic E-state index is 12.9. The van der Waals surface area contributed by atoms with E-state index in [0.29, 0.717) is 19.3 Å². The predicted octanol–water partition coefficient (Wildman–Crippen LogP) is 24.2. The maximum Gasteiger partial charge on any atom is 0.306 e. The molecule has 0 radical (unpaired) electrons. The van der Waals surface area contributed by atoms with Gasteiger partial charge in [0.05, 0.1) is 0 Å². The molecule has 6 heteroatoms. The number of rotatable bonds is 63. The first kappa shape index (κ1) is 78.1. The highest BCUT2D eigenvalue weighted by atomic mass is 16.6. The summed E-state index contributed by atoms with van der Waals surface area (Å²) in [5, 5.41) is 0. The Kier molecular flexibility index (Phi) is 66.2. The molecule has 1 unspecified atom stereocenters. The Hall–Kier alpha value is -3.93. The molecule has 0 saturated carbocycles. The molecular weight excluding hydrogens is 1010 g/mol. The lowest BCUT2D eigenvalue weighted by atomic mass is 10.0. The number of unbranched alkanes of at least 4 members (excludes halogenated alkanes) is 34. The number of carbonyl (C=O) groups excluding carboxylic acids is 3. The molecule has 82 heavy (non-hydrogen) atoms. The quantitative estimate of drug-likeness (QED) is 0.0261. The molecule has 0 amide bonds. The van der Waals surface area contributed by atoms with Crippen molar-refractivity contribution in [3.8, 4) is 0 Å². The van der Waals surface area contributed by atoms with Gasteiger partial charge in [0.1, 0.15) is 13.2 Å². The minimum atomic E-state index is -0.808. The first-order chi connectivity index (χ1) is 40.5. The van der Waals surface area contributed by atoms with Crippen molar-refractivity contribution in [2.75, 3.05) is 13.2 Å². The topological polar surface area (TPSA) is 78.9 Å². The molecule has 0 saturated heterocycles. The molecule has 0 N–H and O–H groups in total. The third-order valence-electron chi connectivity index (χ3n) is 15.0. The van der Waals surface area contributed by atoms with E-state index in [9.17, 15) is 14.4 Å². The smallest absolute Gasteiger partial charge is 0.306 e. The maximum absolute atomic E-state index is 12.9. The fourth-order valence-corrected chi connectivity index (χ4v) is 9.78. The van der Waals surface area contributed by atoms with Gasteiger partial charge in [-0.1, -0.05) is 304 Å². The van der Waals surface area contributed by atoms with Gasteiger partial charge in [0.2, 0.25) is 0 Å². The Bertz CT molecular complexity index is 1640. The van der Waals surface area contributed by atoms with E-state index in [-0.39, 0.29) is 37.5 Å². The van der Waals surface area contributed by atoms with Gasteiger partial charge < -0.3 is 14.2 Å². The molecular formula is C76H130O6. The molecule has 0 fully saturated rings.